The molecule has 0 aromatic carbocycles. The van der Waals surface area contributed by atoms with E-state index in [0.29, 0.717) is 26.1 Å². The van der Waals surface area contributed by atoms with E-state index in [1.54, 1.807) is 4.90 Å². The fourth-order valence-electron chi connectivity index (χ4n) is 2.78. The zero-order valence-electron chi connectivity index (χ0n) is 13.8. The van der Waals surface area contributed by atoms with Gasteiger partial charge in [-0.2, -0.15) is 0 Å². The Balaban J connectivity index is 0.000000277. The van der Waals surface area contributed by atoms with Crippen LogP contribution in [0, 0.1) is 5.41 Å². The van der Waals surface area contributed by atoms with E-state index in [4.69, 9.17) is 16.6 Å². The molecule has 0 radical (unpaired) electrons. The normalized spacial score (nSPS) is 22.0. The molecule has 24 heavy (non-hydrogen) atoms. The second-order valence-corrected chi connectivity index (χ2v) is 6.14. The summed E-state index contributed by atoms with van der Waals surface area (Å²) >= 11 is 0. The van der Waals surface area contributed by atoms with Crippen molar-refractivity contribution in [1.29, 1.82) is 0 Å². The van der Waals surface area contributed by atoms with Gasteiger partial charge in [-0.25, -0.2) is 0 Å². The minimum absolute atomic E-state index is 0.0451. The second kappa shape index (κ2) is 9.21. The summed E-state index contributed by atoms with van der Waals surface area (Å²) in [6.45, 7) is 1.81. The first-order valence-corrected chi connectivity index (χ1v) is 8.04. The zero-order chi connectivity index (χ0) is 18.2. The van der Waals surface area contributed by atoms with Gasteiger partial charge in [0.2, 0.25) is 23.6 Å². The maximum absolute atomic E-state index is 11.6. The molecule has 0 aromatic heterocycles. The summed E-state index contributed by atoms with van der Waals surface area (Å²) in [5, 5.41) is 11.4. The molecule has 2 saturated heterocycles. The lowest BCUT2D eigenvalue weighted by Crippen LogP contribution is -2.65. The number of β-lactam (4-membered cyclic amide) rings is 1. The second-order valence-electron chi connectivity index (χ2n) is 6.14. The predicted octanol–water partition coefficient (Wildman–Crippen LogP) is -1.77. The van der Waals surface area contributed by atoms with Gasteiger partial charge in [0.25, 0.3) is 0 Å². The van der Waals surface area contributed by atoms with Crippen LogP contribution in [0.15, 0.2) is 0 Å². The Bertz CT molecular complexity index is 482. The van der Waals surface area contributed by atoms with E-state index in [1.165, 1.54) is 0 Å². The number of hydrogen-bond donors (Lipinski definition) is 4. The van der Waals surface area contributed by atoms with Crippen LogP contribution in [0.3, 0.4) is 0 Å². The van der Waals surface area contributed by atoms with E-state index in [-0.39, 0.29) is 43.1 Å². The van der Waals surface area contributed by atoms with Crippen LogP contribution in [0.25, 0.3) is 0 Å². The number of aliphatic hydroxyl groups excluding tert-OH is 1. The average molecular weight is 342 g/mol. The van der Waals surface area contributed by atoms with Crippen molar-refractivity contribution in [3.8, 4) is 0 Å². The van der Waals surface area contributed by atoms with E-state index in [1.807, 2.05) is 0 Å². The number of carbonyl (C=O) groups is 4. The number of nitrogens with one attached hydrogen (secondary N) is 1. The number of piperidine rings is 1. The summed E-state index contributed by atoms with van der Waals surface area (Å²) < 4.78 is 0. The maximum atomic E-state index is 11.6. The van der Waals surface area contributed by atoms with Crippen LogP contribution in [0.4, 0.5) is 0 Å². The first-order chi connectivity index (χ1) is 11.3. The molecule has 0 saturated carbocycles. The summed E-state index contributed by atoms with van der Waals surface area (Å²) in [6.07, 6.45) is 2.86. The fraction of sp³-hybridized carbons (Fsp3) is 0.733. The van der Waals surface area contributed by atoms with Crippen molar-refractivity contribution in [3.05, 3.63) is 0 Å². The number of likely N-dealkylation sites (tertiary alicyclic amines) is 1. The summed E-state index contributed by atoms with van der Waals surface area (Å²) in [5.74, 6) is -0.757. The molecule has 2 aliphatic rings. The Morgan fingerprint density at radius 2 is 1.79 bits per heavy atom. The van der Waals surface area contributed by atoms with Crippen LogP contribution >= 0.6 is 0 Å². The molecular weight excluding hydrogens is 316 g/mol. The lowest BCUT2D eigenvalue weighted by Gasteiger charge is -2.47. The molecule has 2 fully saturated rings. The van der Waals surface area contributed by atoms with E-state index in [0.717, 1.165) is 12.8 Å². The number of hydrogen-bond acceptors (Lipinski definition) is 5. The summed E-state index contributed by atoms with van der Waals surface area (Å²) in [7, 11) is 0. The maximum Gasteiger partial charge on any atom is 0.229 e. The summed E-state index contributed by atoms with van der Waals surface area (Å²) in [6, 6.07) is 0. The lowest BCUT2D eigenvalue weighted by molar-refractivity contribution is -0.149. The molecule has 9 nitrogen and oxygen atoms in total. The summed E-state index contributed by atoms with van der Waals surface area (Å²) in [4.78, 5) is 44.8. The van der Waals surface area contributed by atoms with E-state index in [9.17, 15) is 19.2 Å². The van der Waals surface area contributed by atoms with Crippen LogP contribution in [-0.2, 0) is 19.2 Å². The Labute approximate surface area is 140 Å². The first kappa shape index (κ1) is 19.9. The molecule has 1 spiro atoms. The molecule has 0 aromatic rings. The molecule has 6 N–H and O–H groups in total. The highest BCUT2D eigenvalue weighted by Gasteiger charge is 2.49. The van der Waals surface area contributed by atoms with Gasteiger partial charge in [0.05, 0.1) is 12.0 Å². The zero-order valence-corrected chi connectivity index (χ0v) is 13.8. The highest BCUT2D eigenvalue weighted by molar-refractivity contribution is 5.90. The quantitative estimate of drug-likeness (QED) is 0.420. The van der Waals surface area contributed by atoms with Crippen molar-refractivity contribution in [2.24, 2.45) is 16.9 Å². The molecule has 0 aliphatic carbocycles. The Hall–Kier alpha value is -2.16. The third kappa shape index (κ3) is 5.80. The van der Waals surface area contributed by atoms with Gasteiger partial charge >= 0.3 is 0 Å². The molecular formula is C15H26N4O5. The van der Waals surface area contributed by atoms with Crippen molar-refractivity contribution >= 4 is 23.6 Å². The highest BCUT2D eigenvalue weighted by atomic mass is 16.3. The van der Waals surface area contributed by atoms with Crippen molar-refractivity contribution in [2.75, 3.05) is 26.2 Å². The third-order valence-electron chi connectivity index (χ3n) is 4.17. The molecule has 2 heterocycles. The van der Waals surface area contributed by atoms with Crippen LogP contribution in [0.1, 0.15) is 38.5 Å². The van der Waals surface area contributed by atoms with Crippen LogP contribution < -0.4 is 16.8 Å². The molecule has 4 amide bonds. The van der Waals surface area contributed by atoms with Gasteiger partial charge < -0.3 is 26.8 Å². The molecule has 9 heteroatoms. The largest absolute Gasteiger partial charge is 0.396 e. The van der Waals surface area contributed by atoms with Gasteiger partial charge in [-0.1, -0.05) is 0 Å². The monoisotopic (exact) mass is 342 g/mol. The topological polar surface area (TPSA) is 156 Å². The van der Waals surface area contributed by atoms with E-state index >= 15 is 0 Å². The molecule has 1 unspecified atom stereocenters. The van der Waals surface area contributed by atoms with Gasteiger partial charge in [0.15, 0.2) is 0 Å². The number of nitrogens with zero attached hydrogens (tertiary/aromatic N) is 1. The van der Waals surface area contributed by atoms with E-state index in [2.05, 4.69) is 5.32 Å². The van der Waals surface area contributed by atoms with Crippen LogP contribution in [-0.4, -0.2) is 59.9 Å². The van der Waals surface area contributed by atoms with Crippen LogP contribution in [0.2, 0.25) is 0 Å². The number of amides is 4. The number of nitrogens with two attached hydrogens (primary N) is 2. The lowest BCUT2D eigenvalue weighted by atomic mass is 9.74. The average Bonchev–Trinajstić information content (AvgIpc) is 2.53. The number of rotatable bonds is 6. The molecule has 0 bridgehead atoms. The molecule has 2 rings (SSSR count). The van der Waals surface area contributed by atoms with Gasteiger partial charge in [-0.3, -0.25) is 19.2 Å². The van der Waals surface area contributed by atoms with Crippen molar-refractivity contribution in [3.63, 3.8) is 0 Å². The molecule has 136 valence electrons. The number of aliphatic hydroxyl groups is 1. The van der Waals surface area contributed by atoms with Crippen molar-refractivity contribution < 1.29 is 24.3 Å². The standard InChI is InChI=1S/C10H16N2O3.C5H10N2O2/c13-5-2-8(14)12-4-1-3-10(7-12)6-11-9(10)15;6-4(8)2-1-3-5(7)9/h13H,1-7H2,(H,11,15);1-3H2,(H2,6,8)(H2,7,9). The Kier molecular flexibility index (Phi) is 7.63. The molecule has 1 atom stereocenters. The highest BCUT2D eigenvalue weighted by Crippen LogP contribution is 2.34. The minimum Gasteiger partial charge on any atom is -0.396 e. The first-order valence-electron chi connectivity index (χ1n) is 8.04. The SMILES string of the molecule is NC(=O)CCCC(N)=O.O=C(CCO)N1CCCC2(CNC2=O)C1. The van der Waals surface area contributed by atoms with Crippen molar-refractivity contribution in [1.82, 2.24) is 10.2 Å². The third-order valence-corrected chi connectivity index (χ3v) is 4.17. The summed E-state index contributed by atoms with van der Waals surface area (Å²) in [5.41, 5.74) is 9.26. The van der Waals surface area contributed by atoms with Crippen LogP contribution in [0.5, 0.6) is 0 Å². The predicted molar refractivity (Wildman–Crippen MR) is 85.2 cm³/mol. The van der Waals surface area contributed by atoms with Gasteiger partial charge in [-0.05, 0) is 19.3 Å². The number of primary amides is 2. The molecule has 2 aliphatic heterocycles. The smallest absolute Gasteiger partial charge is 0.229 e. The Morgan fingerprint density at radius 1 is 1.17 bits per heavy atom. The van der Waals surface area contributed by atoms with Gasteiger partial charge in [0, 0.05) is 38.9 Å². The van der Waals surface area contributed by atoms with Crippen molar-refractivity contribution in [2.45, 2.75) is 38.5 Å². The number of carbonyl (C=O) groups excluding carboxylic acids is 4. The van der Waals surface area contributed by atoms with E-state index < -0.39 is 11.8 Å². The Morgan fingerprint density at radius 3 is 2.21 bits per heavy atom. The fourth-order valence-corrected chi connectivity index (χ4v) is 2.78. The van der Waals surface area contributed by atoms with Gasteiger partial charge in [0.1, 0.15) is 0 Å². The minimum atomic E-state index is -0.392. The van der Waals surface area contributed by atoms with Gasteiger partial charge in [-0.15, -0.1) is 0 Å².